The molecule has 0 saturated heterocycles. The van der Waals surface area contributed by atoms with Gasteiger partial charge in [0.2, 0.25) is 0 Å². The number of primary amides is 1. The first-order chi connectivity index (χ1) is 7.16. The zero-order valence-electron chi connectivity index (χ0n) is 8.30. The van der Waals surface area contributed by atoms with Gasteiger partial charge in [-0.1, -0.05) is 6.07 Å². The van der Waals surface area contributed by atoms with Crippen molar-refractivity contribution >= 4 is 17.1 Å². The number of rotatable bonds is 2. The number of carbonyl (C=O) groups excluding carboxylic acids is 1. The molecule has 2 amide bonds. The molecule has 0 atom stereocenters. The van der Waals surface area contributed by atoms with Crippen molar-refractivity contribution in [1.82, 2.24) is 9.88 Å². The van der Waals surface area contributed by atoms with E-state index in [2.05, 4.69) is 4.98 Å². The van der Waals surface area contributed by atoms with Crippen molar-refractivity contribution in [2.45, 2.75) is 6.54 Å². The van der Waals surface area contributed by atoms with E-state index < -0.39 is 6.03 Å². The summed E-state index contributed by atoms with van der Waals surface area (Å²) in [6.45, 7) is 0.464. The van der Waals surface area contributed by atoms with Gasteiger partial charge < -0.3 is 15.1 Å². The summed E-state index contributed by atoms with van der Waals surface area (Å²) in [5, 5.41) is 0. The molecule has 0 bridgehead atoms. The van der Waals surface area contributed by atoms with Crippen LogP contribution in [0.2, 0.25) is 0 Å². The SMILES string of the molecule is CN(Cc1ccc2ncoc2c1)C(N)=O. The lowest BCUT2D eigenvalue weighted by molar-refractivity contribution is 0.216. The molecule has 0 aliphatic carbocycles. The molecule has 5 heteroatoms. The summed E-state index contributed by atoms with van der Waals surface area (Å²) in [6, 6.07) is 5.14. The fourth-order valence-electron chi connectivity index (χ4n) is 1.35. The molecule has 0 radical (unpaired) electrons. The molecule has 0 spiro atoms. The molecule has 15 heavy (non-hydrogen) atoms. The van der Waals surface area contributed by atoms with Gasteiger partial charge in [0.05, 0.1) is 0 Å². The molecule has 2 rings (SSSR count). The van der Waals surface area contributed by atoms with Gasteiger partial charge in [0.25, 0.3) is 0 Å². The lowest BCUT2D eigenvalue weighted by Crippen LogP contribution is -2.31. The van der Waals surface area contributed by atoms with Gasteiger partial charge in [-0.25, -0.2) is 9.78 Å². The van der Waals surface area contributed by atoms with Crippen LogP contribution in [0.1, 0.15) is 5.56 Å². The van der Waals surface area contributed by atoms with Crippen molar-refractivity contribution in [3.8, 4) is 0 Å². The number of amides is 2. The molecule has 1 aromatic carbocycles. The maximum absolute atomic E-state index is 10.8. The number of oxazole rings is 1. The Morgan fingerprint density at radius 3 is 3.13 bits per heavy atom. The first-order valence-electron chi connectivity index (χ1n) is 4.49. The first kappa shape index (κ1) is 9.51. The molecule has 1 aromatic heterocycles. The van der Waals surface area contributed by atoms with Gasteiger partial charge in [0.15, 0.2) is 12.0 Å². The summed E-state index contributed by atoms with van der Waals surface area (Å²) in [5.41, 5.74) is 7.61. The second-order valence-corrected chi connectivity index (χ2v) is 3.35. The summed E-state index contributed by atoms with van der Waals surface area (Å²) in [4.78, 5) is 16.3. The van der Waals surface area contributed by atoms with E-state index in [9.17, 15) is 4.79 Å². The van der Waals surface area contributed by atoms with Gasteiger partial charge in [-0.3, -0.25) is 0 Å². The molecule has 0 fully saturated rings. The van der Waals surface area contributed by atoms with E-state index in [-0.39, 0.29) is 0 Å². The topological polar surface area (TPSA) is 72.4 Å². The van der Waals surface area contributed by atoms with E-state index >= 15 is 0 Å². The molecule has 0 saturated carbocycles. The molecule has 2 aromatic rings. The second-order valence-electron chi connectivity index (χ2n) is 3.35. The predicted octanol–water partition coefficient (Wildman–Crippen LogP) is 1.34. The molecule has 0 aliphatic heterocycles. The van der Waals surface area contributed by atoms with Crippen LogP contribution in [-0.2, 0) is 6.54 Å². The van der Waals surface area contributed by atoms with Crippen molar-refractivity contribution in [2.24, 2.45) is 5.73 Å². The maximum atomic E-state index is 10.8. The molecule has 0 aliphatic rings. The molecular formula is C10H11N3O2. The standard InChI is InChI=1S/C10H11N3O2/c1-13(10(11)14)5-7-2-3-8-9(4-7)15-6-12-8/h2-4,6H,5H2,1H3,(H2,11,14). The van der Waals surface area contributed by atoms with Crippen LogP contribution in [0.25, 0.3) is 11.1 Å². The Bertz CT molecular complexity index is 492. The van der Waals surface area contributed by atoms with E-state index in [4.69, 9.17) is 10.2 Å². The first-order valence-corrected chi connectivity index (χ1v) is 4.49. The van der Waals surface area contributed by atoms with Crippen LogP contribution in [0.5, 0.6) is 0 Å². The quantitative estimate of drug-likeness (QED) is 0.804. The Morgan fingerprint density at radius 2 is 2.40 bits per heavy atom. The van der Waals surface area contributed by atoms with Gasteiger partial charge in [0.1, 0.15) is 5.52 Å². The van der Waals surface area contributed by atoms with Crippen molar-refractivity contribution < 1.29 is 9.21 Å². The molecule has 5 nitrogen and oxygen atoms in total. The third kappa shape index (κ3) is 1.90. The van der Waals surface area contributed by atoms with Crippen LogP contribution >= 0.6 is 0 Å². The van der Waals surface area contributed by atoms with E-state index in [1.165, 1.54) is 11.3 Å². The molecule has 0 unspecified atom stereocenters. The summed E-state index contributed by atoms with van der Waals surface area (Å²) in [6.07, 6.45) is 1.40. The predicted molar refractivity (Wildman–Crippen MR) is 55.1 cm³/mol. The Morgan fingerprint density at radius 1 is 1.60 bits per heavy atom. The van der Waals surface area contributed by atoms with Crippen LogP contribution in [0.15, 0.2) is 29.0 Å². The highest BCUT2D eigenvalue weighted by atomic mass is 16.3. The highest BCUT2D eigenvalue weighted by Gasteiger charge is 2.05. The van der Waals surface area contributed by atoms with E-state index in [0.29, 0.717) is 12.1 Å². The third-order valence-corrected chi connectivity index (χ3v) is 2.19. The number of nitrogens with zero attached hydrogens (tertiary/aromatic N) is 2. The fraction of sp³-hybridized carbons (Fsp3) is 0.200. The second kappa shape index (κ2) is 3.61. The molecular weight excluding hydrogens is 194 g/mol. The summed E-state index contributed by atoms with van der Waals surface area (Å²) >= 11 is 0. The number of hydrogen-bond acceptors (Lipinski definition) is 3. The van der Waals surface area contributed by atoms with Crippen molar-refractivity contribution in [3.63, 3.8) is 0 Å². The van der Waals surface area contributed by atoms with Crippen LogP contribution in [0, 0.1) is 0 Å². The smallest absolute Gasteiger partial charge is 0.314 e. The Labute approximate surface area is 86.5 Å². The number of hydrogen-bond donors (Lipinski definition) is 1. The number of nitrogens with two attached hydrogens (primary N) is 1. The molecule has 1 heterocycles. The van der Waals surface area contributed by atoms with Crippen molar-refractivity contribution in [1.29, 1.82) is 0 Å². The van der Waals surface area contributed by atoms with Crippen molar-refractivity contribution in [2.75, 3.05) is 7.05 Å². The van der Waals surface area contributed by atoms with Gasteiger partial charge >= 0.3 is 6.03 Å². The minimum absolute atomic E-state index is 0.451. The minimum Gasteiger partial charge on any atom is -0.443 e. The van der Waals surface area contributed by atoms with Crippen LogP contribution in [0.3, 0.4) is 0 Å². The zero-order valence-corrected chi connectivity index (χ0v) is 8.30. The summed E-state index contributed by atoms with van der Waals surface area (Å²) in [7, 11) is 1.65. The zero-order chi connectivity index (χ0) is 10.8. The molecule has 2 N–H and O–H groups in total. The van der Waals surface area contributed by atoms with Crippen LogP contribution in [-0.4, -0.2) is 23.0 Å². The van der Waals surface area contributed by atoms with E-state index in [0.717, 1.165) is 11.1 Å². The Balaban J connectivity index is 2.24. The maximum Gasteiger partial charge on any atom is 0.314 e. The third-order valence-electron chi connectivity index (χ3n) is 2.19. The minimum atomic E-state index is -0.451. The van der Waals surface area contributed by atoms with E-state index in [1.807, 2.05) is 18.2 Å². The van der Waals surface area contributed by atoms with Crippen LogP contribution < -0.4 is 5.73 Å². The Kier molecular flexibility index (Phi) is 2.29. The molecule has 78 valence electrons. The van der Waals surface area contributed by atoms with Gasteiger partial charge in [-0.05, 0) is 17.7 Å². The Hall–Kier alpha value is -2.04. The van der Waals surface area contributed by atoms with Gasteiger partial charge in [-0.2, -0.15) is 0 Å². The van der Waals surface area contributed by atoms with Crippen molar-refractivity contribution in [3.05, 3.63) is 30.2 Å². The summed E-state index contributed by atoms with van der Waals surface area (Å²) in [5.74, 6) is 0. The lowest BCUT2D eigenvalue weighted by Gasteiger charge is -2.13. The number of benzene rings is 1. The highest BCUT2D eigenvalue weighted by Crippen LogP contribution is 2.15. The fourth-order valence-corrected chi connectivity index (χ4v) is 1.35. The lowest BCUT2D eigenvalue weighted by atomic mass is 10.2. The average molecular weight is 205 g/mol. The number of urea groups is 1. The highest BCUT2D eigenvalue weighted by molar-refractivity contribution is 5.74. The number of fused-ring (bicyclic) bond motifs is 1. The van der Waals surface area contributed by atoms with E-state index in [1.54, 1.807) is 7.05 Å². The monoisotopic (exact) mass is 205 g/mol. The van der Waals surface area contributed by atoms with Crippen LogP contribution in [0.4, 0.5) is 4.79 Å². The largest absolute Gasteiger partial charge is 0.443 e. The average Bonchev–Trinajstić information content (AvgIpc) is 2.64. The number of aromatic nitrogens is 1. The van der Waals surface area contributed by atoms with Gasteiger partial charge in [0, 0.05) is 13.6 Å². The normalized spacial score (nSPS) is 10.5. The summed E-state index contributed by atoms with van der Waals surface area (Å²) < 4.78 is 5.15. The van der Waals surface area contributed by atoms with Gasteiger partial charge in [-0.15, -0.1) is 0 Å². The number of carbonyl (C=O) groups is 1.